The number of aliphatic hydroxyl groups excluding tert-OH is 1. The average Bonchev–Trinajstić information content (AvgIpc) is 2.81. The molecule has 1 aromatic heterocycles. The standard InChI is InChI=1S/C30H35N3O2/c1-7-23(18-33(5)6)24-9-8-10-25(16-24)28-12-11-27(26(17-31-4)15-22(2)3)29(32-28)13-14-30(19-34)20-35-21-30/h7-18,34H,1-2,19-21H2,3-6H3/b14-13+,23-18+,26-15+,31-17-. The lowest BCUT2D eigenvalue weighted by molar-refractivity contribution is -0.105. The van der Waals surface area contributed by atoms with Crippen LogP contribution in [0.2, 0.25) is 0 Å². The minimum Gasteiger partial charge on any atom is -0.395 e. The van der Waals surface area contributed by atoms with Crippen LogP contribution < -0.4 is 0 Å². The summed E-state index contributed by atoms with van der Waals surface area (Å²) in [6.07, 6.45) is 11.7. The topological polar surface area (TPSA) is 58.0 Å². The van der Waals surface area contributed by atoms with E-state index in [0.29, 0.717) is 13.2 Å². The van der Waals surface area contributed by atoms with Crippen LogP contribution in [0, 0.1) is 5.41 Å². The molecule has 1 aliphatic rings. The summed E-state index contributed by atoms with van der Waals surface area (Å²) in [6.45, 7) is 11.0. The third-order valence-corrected chi connectivity index (χ3v) is 5.70. The first-order valence-corrected chi connectivity index (χ1v) is 11.6. The molecule has 0 amide bonds. The molecule has 0 aliphatic carbocycles. The highest BCUT2D eigenvalue weighted by molar-refractivity contribution is 6.11. The van der Waals surface area contributed by atoms with E-state index in [1.165, 1.54) is 0 Å². The molecule has 1 N–H and O–H groups in total. The fourth-order valence-electron chi connectivity index (χ4n) is 3.84. The van der Waals surface area contributed by atoms with E-state index < -0.39 is 0 Å². The van der Waals surface area contributed by atoms with Crippen molar-refractivity contribution in [1.29, 1.82) is 0 Å². The number of aliphatic imine (C=N–C) groups is 1. The van der Waals surface area contributed by atoms with Crippen LogP contribution >= 0.6 is 0 Å². The zero-order valence-electron chi connectivity index (χ0n) is 21.2. The summed E-state index contributed by atoms with van der Waals surface area (Å²) in [5.41, 5.74) is 7.21. The minimum atomic E-state index is -0.359. The number of rotatable bonds is 10. The molecule has 35 heavy (non-hydrogen) atoms. The minimum absolute atomic E-state index is 0.0357. The number of hydrogen-bond acceptors (Lipinski definition) is 5. The number of allylic oxidation sites excluding steroid dienone is 5. The summed E-state index contributed by atoms with van der Waals surface area (Å²) in [7, 11) is 5.74. The molecule has 182 valence electrons. The number of hydrogen-bond donors (Lipinski definition) is 1. The van der Waals surface area contributed by atoms with E-state index in [1.807, 2.05) is 74.8 Å². The number of aliphatic hydroxyl groups is 1. The number of ether oxygens (including phenoxy) is 1. The highest BCUT2D eigenvalue weighted by atomic mass is 16.5. The molecule has 0 unspecified atom stereocenters. The van der Waals surface area contributed by atoms with E-state index >= 15 is 0 Å². The number of pyridine rings is 1. The molecule has 0 atom stereocenters. The molecule has 0 bridgehead atoms. The second-order valence-corrected chi connectivity index (χ2v) is 9.14. The summed E-state index contributed by atoms with van der Waals surface area (Å²) in [5.74, 6) is 0. The van der Waals surface area contributed by atoms with E-state index in [4.69, 9.17) is 9.72 Å². The predicted molar refractivity (Wildman–Crippen MR) is 148 cm³/mol. The van der Waals surface area contributed by atoms with E-state index in [9.17, 15) is 5.11 Å². The molecule has 5 nitrogen and oxygen atoms in total. The Morgan fingerprint density at radius 2 is 2.00 bits per heavy atom. The van der Waals surface area contributed by atoms with Gasteiger partial charge in [0.15, 0.2) is 0 Å². The van der Waals surface area contributed by atoms with Gasteiger partial charge in [0.05, 0.1) is 36.6 Å². The fraction of sp³-hybridized carbons (Fsp3) is 0.267. The Labute approximate surface area is 209 Å². The summed E-state index contributed by atoms with van der Waals surface area (Å²) in [6, 6.07) is 12.4. The Bertz CT molecular complexity index is 1190. The van der Waals surface area contributed by atoms with Crippen molar-refractivity contribution in [3.63, 3.8) is 0 Å². The second kappa shape index (κ2) is 11.7. The van der Waals surface area contributed by atoms with Gasteiger partial charge in [-0.2, -0.15) is 0 Å². The van der Waals surface area contributed by atoms with Crippen LogP contribution in [0.1, 0.15) is 23.7 Å². The maximum absolute atomic E-state index is 9.88. The molecule has 0 spiro atoms. The molecule has 5 heteroatoms. The van der Waals surface area contributed by atoms with Gasteiger partial charge >= 0.3 is 0 Å². The molecule has 1 fully saturated rings. The Kier molecular flexibility index (Phi) is 8.74. The van der Waals surface area contributed by atoms with Crippen molar-refractivity contribution < 1.29 is 9.84 Å². The summed E-state index contributed by atoms with van der Waals surface area (Å²) in [5, 5.41) is 9.88. The maximum atomic E-state index is 9.88. The van der Waals surface area contributed by atoms with Crippen LogP contribution in [-0.4, -0.2) is 62.2 Å². The van der Waals surface area contributed by atoms with Crippen LogP contribution in [0.4, 0.5) is 0 Å². The molecule has 1 saturated heterocycles. The van der Waals surface area contributed by atoms with Crippen LogP contribution in [0.3, 0.4) is 0 Å². The van der Waals surface area contributed by atoms with Crippen molar-refractivity contribution in [1.82, 2.24) is 9.88 Å². The van der Waals surface area contributed by atoms with Crippen molar-refractivity contribution in [3.05, 3.63) is 96.4 Å². The lowest BCUT2D eigenvalue weighted by atomic mass is 9.86. The Balaban J connectivity index is 2.13. The second-order valence-electron chi connectivity index (χ2n) is 9.14. The summed E-state index contributed by atoms with van der Waals surface area (Å²) in [4.78, 5) is 11.3. The highest BCUT2D eigenvalue weighted by Gasteiger charge is 2.35. The highest BCUT2D eigenvalue weighted by Crippen LogP contribution is 2.31. The Morgan fingerprint density at radius 1 is 1.23 bits per heavy atom. The van der Waals surface area contributed by atoms with Gasteiger partial charge < -0.3 is 14.7 Å². The third kappa shape index (κ3) is 6.53. The van der Waals surface area contributed by atoms with Gasteiger partial charge in [0.1, 0.15) is 0 Å². The third-order valence-electron chi connectivity index (χ3n) is 5.70. The van der Waals surface area contributed by atoms with Crippen molar-refractivity contribution in [2.24, 2.45) is 10.4 Å². The quantitative estimate of drug-likeness (QED) is 0.368. The van der Waals surface area contributed by atoms with Gasteiger partial charge in [-0.25, -0.2) is 4.98 Å². The lowest BCUT2D eigenvalue weighted by Gasteiger charge is -2.37. The summed E-state index contributed by atoms with van der Waals surface area (Å²) >= 11 is 0. The maximum Gasteiger partial charge on any atom is 0.0713 e. The van der Waals surface area contributed by atoms with Crippen LogP contribution in [0.25, 0.3) is 28.5 Å². The zero-order chi connectivity index (χ0) is 25.4. The molecular formula is C30H35N3O2. The normalized spacial score (nSPS) is 15.9. The SMILES string of the molecule is C=C/C(=C\N(C)C)c1cccc(-c2ccc(C(/C=N\C)=C/C(=C)C)c(/C=C/C3(CO)COC3)n2)c1. The predicted octanol–water partition coefficient (Wildman–Crippen LogP) is 5.52. The van der Waals surface area contributed by atoms with Crippen molar-refractivity contribution in [2.45, 2.75) is 6.92 Å². The number of benzene rings is 1. The van der Waals surface area contributed by atoms with Crippen molar-refractivity contribution in [2.75, 3.05) is 41.0 Å². The van der Waals surface area contributed by atoms with Gasteiger partial charge in [0.25, 0.3) is 0 Å². The zero-order valence-corrected chi connectivity index (χ0v) is 21.2. The number of nitrogens with zero attached hydrogens (tertiary/aromatic N) is 3. The molecular weight excluding hydrogens is 434 g/mol. The van der Waals surface area contributed by atoms with Crippen LogP contribution in [0.5, 0.6) is 0 Å². The first-order chi connectivity index (χ1) is 16.8. The molecule has 1 aliphatic heterocycles. The first-order valence-electron chi connectivity index (χ1n) is 11.6. The molecule has 2 aromatic rings. The van der Waals surface area contributed by atoms with Crippen molar-refractivity contribution in [3.8, 4) is 11.3 Å². The van der Waals surface area contributed by atoms with Crippen LogP contribution in [0.15, 0.2) is 84.5 Å². The first kappa shape index (κ1) is 26.1. The molecule has 1 aromatic carbocycles. The largest absolute Gasteiger partial charge is 0.395 e. The lowest BCUT2D eigenvalue weighted by Crippen LogP contribution is -2.43. The average molecular weight is 470 g/mol. The molecule has 0 radical (unpaired) electrons. The van der Waals surface area contributed by atoms with E-state index in [0.717, 1.165) is 44.8 Å². The van der Waals surface area contributed by atoms with E-state index in [-0.39, 0.29) is 12.0 Å². The molecule has 2 heterocycles. The molecule has 0 saturated carbocycles. The van der Waals surface area contributed by atoms with Crippen LogP contribution in [-0.2, 0) is 4.74 Å². The van der Waals surface area contributed by atoms with Gasteiger partial charge in [0.2, 0.25) is 0 Å². The Morgan fingerprint density at radius 3 is 2.57 bits per heavy atom. The Hall–Kier alpha value is -3.54. The monoisotopic (exact) mass is 469 g/mol. The number of aromatic nitrogens is 1. The van der Waals surface area contributed by atoms with Gasteiger partial charge in [0, 0.05) is 50.3 Å². The molecule has 3 rings (SSSR count). The van der Waals surface area contributed by atoms with E-state index in [2.05, 4.69) is 42.4 Å². The van der Waals surface area contributed by atoms with Gasteiger partial charge in [-0.05, 0) is 42.3 Å². The van der Waals surface area contributed by atoms with Gasteiger partial charge in [-0.1, -0.05) is 55.2 Å². The smallest absolute Gasteiger partial charge is 0.0713 e. The van der Waals surface area contributed by atoms with Crippen molar-refractivity contribution >= 4 is 23.4 Å². The van der Waals surface area contributed by atoms with Gasteiger partial charge in [-0.15, -0.1) is 0 Å². The van der Waals surface area contributed by atoms with Gasteiger partial charge in [-0.3, -0.25) is 4.99 Å². The fourth-order valence-corrected chi connectivity index (χ4v) is 3.84. The van der Waals surface area contributed by atoms with E-state index in [1.54, 1.807) is 7.05 Å². The summed E-state index contributed by atoms with van der Waals surface area (Å²) < 4.78 is 5.36.